The maximum atomic E-state index is 11.6. The maximum absolute atomic E-state index is 11.6. The van der Waals surface area contributed by atoms with E-state index in [1.165, 1.54) is 18.2 Å². The van der Waals surface area contributed by atoms with Crippen LogP contribution in [0.5, 0.6) is 0 Å². The number of alkyl carbamates (subject to hydrolysis) is 1. The van der Waals surface area contributed by atoms with Crippen molar-refractivity contribution in [3.8, 4) is 0 Å². The molecule has 0 heterocycles. The third-order valence-corrected chi connectivity index (χ3v) is 3.67. The molecule has 2 rings (SSSR count). The molecule has 0 spiro atoms. The van der Waals surface area contributed by atoms with Gasteiger partial charge in [-0.15, -0.1) is 0 Å². The summed E-state index contributed by atoms with van der Waals surface area (Å²) in [5.74, 6) is 0. The fourth-order valence-electron chi connectivity index (χ4n) is 2.17. The Balaban J connectivity index is 1.84. The van der Waals surface area contributed by atoms with E-state index in [-0.39, 0.29) is 29.3 Å². The van der Waals surface area contributed by atoms with Crippen molar-refractivity contribution in [2.24, 2.45) is 0 Å². The lowest BCUT2D eigenvalue weighted by molar-refractivity contribution is 0.0184. The third-order valence-electron chi connectivity index (χ3n) is 3.45. The average molecular weight is 364 g/mol. The highest BCUT2D eigenvalue weighted by molar-refractivity contribution is 6.30. The number of aldehydes is 1. The van der Waals surface area contributed by atoms with E-state index in [9.17, 15) is 19.8 Å². The second-order valence-corrected chi connectivity index (χ2v) is 5.83. The van der Waals surface area contributed by atoms with Crippen molar-refractivity contribution in [3.63, 3.8) is 0 Å². The molecule has 7 heteroatoms. The number of aliphatic hydroxyl groups excluding tert-OH is 2. The van der Waals surface area contributed by atoms with Gasteiger partial charge in [-0.1, -0.05) is 41.9 Å². The number of carbonyl (C=O) groups is 2. The smallest absolute Gasteiger partial charge is 0.407 e. The van der Waals surface area contributed by atoms with Crippen molar-refractivity contribution < 1.29 is 24.5 Å². The van der Waals surface area contributed by atoms with Crippen LogP contribution in [0.4, 0.5) is 4.79 Å². The summed E-state index contributed by atoms with van der Waals surface area (Å²) in [6, 6.07) is 13.4. The largest absolute Gasteiger partial charge is 0.445 e. The van der Waals surface area contributed by atoms with E-state index >= 15 is 0 Å². The molecule has 0 aliphatic heterocycles. The van der Waals surface area contributed by atoms with Crippen LogP contribution >= 0.6 is 11.6 Å². The van der Waals surface area contributed by atoms with E-state index in [1.54, 1.807) is 0 Å². The minimum absolute atomic E-state index is 0.0995. The average Bonchev–Trinajstić information content (AvgIpc) is 2.64. The number of hydrogen-bond donors (Lipinski definition) is 3. The van der Waals surface area contributed by atoms with Crippen LogP contribution in [-0.4, -0.2) is 35.2 Å². The number of aliphatic hydroxyl groups is 2. The van der Waals surface area contributed by atoms with Gasteiger partial charge in [-0.05, 0) is 29.3 Å². The van der Waals surface area contributed by atoms with Crippen molar-refractivity contribution in [3.05, 3.63) is 70.2 Å². The summed E-state index contributed by atoms with van der Waals surface area (Å²) in [4.78, 5) is 22.5. The maximum Gasteiger partial charge on any atom is 0.407 e. The quantitative estimate of drug-likeness (QED) is 0.657. The Labute approximate surface area is 150 Å². The molecule has 2 unspecified atom stereocenters. The van der Waals surface area contributed by atoms with Crippen LogP contribution in [0.15, 0.2) is 48.5 Å². The van der Waals surface area contributed by atoms with Crippen molar-refractivity contribution in [2.75, 3.05) is 6.54 Å². The number of ether oxygens (including phenoxy) is 1. The fourth-order valence-corrected chi connectivity index (χ4v) is 2.42. The lowest BCUT2D eigenvalue weighted by atomic mass is 10.0. The van der Waals surface area contributed by atoms with Gasteiger partial charge in [0.1, 0.15) is 25.1 Å². The number of halogens is 1. The first kappa shape index (κ1) is 18.9. The Morgan fingerprint density at radius 1 is 1.20 bits per heavy atom. The zero-order valence-corrected chi connectivity index (χ0v) is 14.0. The van der Waals surface area contributed by atoms with Gasteiger partial charge in [-0.2, -0.15) is 0 Å². The zero-order chi connectivity index (χ0) is 18.2. The van der Waals surface area contributed by atoms with Crippen LogP contribution in [0.3, 0.4) is 0 Å². The van der Waals surface area contributed by atoms with Gasteiger partial charge in [0.05, 0.1) is 0 Å². The molecule has 2 aromatic carbocycles. The Hall–Kier alpha value is -2.41. The first-order valence-electron chi connectivity index (χ1n) is 7.56. The first-order chi connectivity index (χ1) is 12.0. The first-order valence-corrected chi connectivity index (χ1v) is 7.93. The highest BCUT2D eigenvalue weighted by Gasteiger charge is 2.20. The topological polar surface area (TPSA) is 95.9 Å². The molecule has 132 valence electrons. The van der Waals surface area contributed by atoms with Crippen LogP contribution in [0.25, 0.3) is 0 Å². The summed E-state index contributed by atoms with van der Waals surface area (Å²) in [7, 11) is 0. The predicted octanol–water partition coefficient (Wildman–Crippen LogP) is 2.47. The Morgan fingerprint density at radius 3 is 2.60 bits per heavy atom. The third kappa shape index (κ3) is 5.86. The Bertz CT molecular complexity index is 723. The van der Waals surface area contributed by atoms with E-state index in [0.717, 1.165) is 5.56 Å². The van der Waals surface area contributed by atoms with Gasteiger partial charge in [-0.3, -0.25) is 4.79 Å². The molecule has 1 amide bonds. The minimum atomic E-state index is -1.31. The Kier molecular flexibility index (Phi) is 6.94. The summed E-state index contributed by atoms with van der Waals surface area (Å²) < 4.78 is 5.01. The number of benzene rings is 2. The van der Waals surface area contributed by atoms with Crippen molar-refractivity contribution in [2.45, 2.75) is 18.8 Å². The van der Waals surface area contributed by atoms with E-state index in [4.69, 9.17) is 16.3 Å². The molecule has 0 aromatic heterocycles. The number of carbonyl (C=O) groups excluding carboxylic acids is 2. The van der Waals surface area contributed by atoms with Crippen LogP contribution in [0, 0.1) is 0 Å². The van der Waals surface area contributed by atoms with Crippen LogP contribution in [-0.2, 0) is 11.3 Å². The van der Waals surface area contributed by atoms with Crippen molar-refractivity contribution in [1.82, 2.24) is 5.32 Å². The molecule has 0 fully saturated rings. The lowest BCUT2D eigenvalue weighted by Crippen LogP contribution is -2.35. The number of nitrogens with one attached hydrogen (secondary N) is 1. The van der Waals surface area contributed by atoms with Crippen LogP contribution < -0.4 is 5.32 Å². The van der Waals surface area contributed by atoms with E-state index < -0.39 is 18.3 Å². The lowest BCUT2D eigenvalue weighted by Gasteiger charge is -2.19. The van der Waals surface area contributed by atoms with Gasteiger partial charge >= 0.3 is 6.09 Å². The van der Waals surface area contributed by atoms with E-state index in [0.29, 0.717) is 6.29 Å². The van der Waals surface area contributed by atoms with E-state index in [2.05, 4.69) is 5.32 Å². The summed E-state index contributed by atoms with van der Waals surface area (Å²) >= 11 is 5.86. The van der Waals surface area contributed by atoms with Gasteiger partial charge in [-0.25, -0.2) is 4.79 Å². The second kappa shape index (κ2) is 9.17. The van der Waals surface area contributed by atoms with Gasteiger partial charge in [0.25, 0.3) is 0 Å². The highest BCUT2D eigenvalue weighted by atomic mass is 35.5. The molecule has 2 atom stereocenters. The molecule has 0 bridgehead atoms. The van der Waals surface area contributed by atoms with Gasteiger partial charge in [0, 0.05) is 17.1 Å². The molecular formula is C18H18ClNO5. The van der Waals surface area contributed by atoms with Crippen LogP contribution in [0.2, 0.25) is 5.02 Å². The SMILES string of the molecule is O=Cc1cc(Cl)cc(C(O)C(O)CNC(=O)OCc2ccccc2)c1. The molecule has 3 N–H and O–H groups in total. The molecule has 0 saturated carbocycles. The number of rotatable bonds is 7. The molecule has 25 heavy (non-hydrogen) atoms. The van der Waals surface area contributed by atoms with Gasteiger partial charge < -0.3 is 20.3 Å². The summed E-state index contributed by atoms with van der Waals surface area (Å²) in [6.07, 6.45) is -2.72. The van der Waals surface area contributed by atoms with Gasteiger partial charge in [0.15, 0.2) is 0 Å². The molecule has 0 radical (unpaired) electrons. The van der Waals surface area contributed by atoms with E-state index in [1.807, 2.05) is 30.3 Å². The molecular weight excluding hydrogens is 346 g/mol. The summed E-state index contributed by atoms with van der Waals surface area (Å²) in [5.41, 5.74) is 1.39. The fraction of sp³-hybridized carbons (Fsp3) is 0.222. The zero-order valence-electron chi connectivity index (χ0n) is 13.3. The van der Waals surface area contributed by atoms with Crippen molar-refractivity contribution >= 4 is 24.0 Å². The number of amides is 1. The molecule has 0 saturated heterocycles. The molecule has 2 aromatic rings. The normalized spacial score (nSPS) is 12.9. The predicted molar refractivity (Wildman–Crippen MR) is 92.4 cm³/mol. The van der Waals surface area contributed by atoms with Crippen molar-refractivity contribution in [1.29, 1.82) is 0 Å². The monoisotopic (exact) mass is 363 g/mol. The summed E-state index contributed by atoms with van der Waals surface area (Å²) in [6.45, 7) is -0.125. The molecule has 0 aliphatic carbocycles. The second-order valence-electron chi connectivity index (χ2n) is 5.39. The highest BCUT2D eigenvalue weighted by Crippen LogP contribution is 2.22. The minimum Gasteiger partial charge on any atom is -0.445 e. The Morgan fingerprint density at radius 2 is 1.92 bits per heavy atom. The standard InChI is InChI=1S/C18H18ClNO5/c19-15-7-13(10-21)6-14(8-15)17(23)16(22)9-20-18(24)25-11-12-4-2-1-3-5-12/h1-8,10,16-17,22-23H,9,11H2,(H,20,24). The molecule has 0 aliphatic rings. The summed E-state index contributed by atoms with van der Waals surface area (Å²) in [5, 5.41) is 22.8. The van der Waals surface area contributed by atoms with Gasteiger partial charge in [0.2, 0.25) is 0 Å². The van der Waals surface area contributed by atoms with Crippen LogP contribution in [0.1, 0.15) is 27.6 Å². The number of hydrogen-bond acceptors (Lipinski definition) is 5. The molecule has 6 nitrogen and oxygen atoms in total.